The van der Waals surface area contributed by atoms with Gasteiger partial charge in [0, 0.05) is 24.3 Å². The predicted molar refractivity (Wildman–Crippen MR) is 125 cm³/mol. The van der Waals surface area contributed by atoms with Crippen molar-refractivity contribution in [2.24, 2.45) is 0 Å². The average Bonchev–Trinajstić information content (AvgIpc) is 3.20. The molecule has 0 radical (unpaired) electrons. The molecule has 1 aromatic heterocycles. The van der Waals surface area contributed by atoms with Crippen molar-refractivity contribution in [2.45, 2.75) is 25.2 Å². The largest absolute Gasteiger partial charge is 0.326 e. The summed E-state index contributed by atoms with van der Waals surface area (Å²) >= 11 is 0. The van der Waals surface area contributed by atoms with Gasteiger partial charge in [-0.25, -0.2) is 18.1 Å². The lowest BCUT2D eigenvalue weighted by Crippen LogP contribution is -2.28. The molecule has 8 heteroatoms. The molecule has 0 saturated carbocycles. The molecule has 1 heterocycles. The molecule has 0 fully saturated rings. The smallest absolute Gasteiger partial charge is 0.240 e. The summed E-state index contributed by atoms with van der Waals surface area (Å²) in [7, 11) is -3.66. The second kappa shape index (κ2) is 8.94. The SMILES string of the molecule is Cc1ccc(S(=O)(=O)NCCC(=O)Nc2ccc(-n3cnc4ccccc43)cc2)cc1C. The fourth-order valence-electron chi connectivity index (χ4n) is 3.36. The Morgan fingerprint density at radius 1 is 0.969 bits per heavy atom. The summed E-state index contributed by atoms with van der Waals surface area (Å²) < 4.78 is 29.3. The van der Waals surface area contributed by atoms with Crippen molar-refractivity contribution in [1.82, 2.24) is 14.3 Å². The van der Waals surface area contributed by atoms with Crippen LogP contribution in [0.25, 0.3) is 16.7 Å². The van der Waals surface area contributed by atoms with Crippen molar-refractivity contribution in [1.29, 1.82) is 0 Å². The highest BCUT2D eigenvalue weighted by Gasteiger charge is 2.15. The number of anilines is 1. The van der Waals surface area contributed by atoms with Crippen molar-refractivity contribution in [3.8, 4) is 5.69 Å². The first-order valence-corrected chi connectivity index (χ1v) is 11.7. The molecule has 0 atom stereocenters. The first-order chi connectivity index (χ1) is 15.3. The maximum atomic E-state index is 12.4. The van der Waals surface area contributed by atoms with Gasteiger partial charge in [-0.15, -0.1) is 0 Å². The highest BCUT2D eigenvalue weighted by molar-refractivity contribution is 7.89. The normalized spacial score (nSPS) is 11.6. The van der Waals surface area contributed by atoms with E-state index in [4.69, 9.17) is 0 Å². The summed E-state index contributed by atoms with van der Waals surface area (Å²) in [6.07, 6.45) is 1.79. The van der Waals surface area contributed by atoms with E-state index in [9.17, 15) is 13.2 Å². The van der Waals surface area contributed by atoms with E-state index in [1.54, 1.807) is 36.7 Å². The molecule has 32 heavy (non-hydrogen) atoms. The summed E-state index contributed by atoms with van der Waals surface area (Å²) in [6.45, 7) is 3.80. The summed E-state index contributed by atoms with van der Waals surface area (Å²) in [4.78, 5) is 16.8. The Morgan fingerprint density at radius 2 is 1.72 bits per heavy atom. The predicted octanol–water partition coefficient (Wildman–Crippen LogP) is 3.95. The van der Waals surface area contributed by atoms with Gasteiger partial charge < -0.3 is 5.32 Å². The Morgan fingerprint density at radius 3 is 2.47 bits per heavy atom. The fraction of sp³-hybridized carbons (Fsp3) is 0.167. The molecule has 0 aliphatic carbocycles. The number of hydrogen-bond donors (Lipinski definition) is 2. The number of rotatable bonds is 7. The third-order valence-electron chi connectivity index (χ3n) is 5.32. The first-order valence-electron chi connectivity index (χ1n) is 10.2. The average molecular weight is 449 g/mol. The summed E-state index contributed by atoms with van der Waals surface area (Å²) in [5.41, 5.74) is 5.40. The summed E-state index contributed by atoms with van der Waals surface area (Å²) in [5, 5.41) is 2.80. The van der Waals surface area contributed by atoms with E-state index in [0.717, 1.165) is 27.8 Å². The topological polar surface area (TPSA) is 93.1 Å². The Kier molecular flexibility index (Phi) is 6.07. The fourth-order valence-corrected chi connectivity index (χ4v) is 4.47. The van der Waals surface area contributed by atoms with Crippen molar-refractivity contribution in [3.63, 3.8) is 0 Å². The highest BCUT2D eigenvalue weighted by atomic mass is 32.2. The van der Waals surface area contributed by atoms with E-state index >= 15 is 0 Å². The number of para-hydroxylation sites is 2. The van der Waals surface area contributed by atoms with E-state index in [1.807, 2.05) is 54.8 Å². The maximum Gasteiger partial charge on any atom is 0.240 e. The number of carbonyl (C=O) groups is 1. The molecule has 2 N–H and O–H groups in total. The van der Waals surface area contributed by atoms with E-state index in [0.29, 0.717) is 5.69 Å². The zero-order chi connectivity index (χ0) is 22.7. The number of fused-ring (bicyclic) bond motifs is 1. The Hall–Kier alpha value is -3.49. The van der Waals surface area contributed by atoms with E-state index in [1.165, 1.54) is 0 Å². The molecule has 0 saturated heterocycles. The van der Waals surface area contributed by atoms with Crippen LogP contribution in [0.2, 0.25) is 0 Å². The lowest BCUT2D eigenvalue weighted by atomic mass is 10.1. The van der Waals surface area contributed by atoms with Gasteiger partial charge >= 0.3 is 0 Å². The molecular weight excluding hydrogens is 424 g/mol. The Balaban J connectivity index is 1.34. The van der Waals surface area contributed by atoms with Gasteiger partial charge in [-0.3, -0.25) is 9.36 Å². The van der Waals surface area contributed by atoms with Crippen molar-refractivity contribution in [2.75, 3.05) is 11.9 Å². The second-order valence-electron chi connectivity index (χ2n) is 7.59. The quantitative estimate of drug-likeness (QED) is 0.448. The summed E-state index contributed by atoms with van der Waals surface area (Å²) in [6, 6.07) is 20.2. The van der Waals surface area contributed by atoms with Gasteiger partial charge in [0.15, 0.2) is 0 Å². The van der Waals surface area contributed by atoms with E-state index < -0.39 is 10.0 Å². The zero-order valence-electron chi connectivity index (χ0n) is 17.9. The van der Waals surface area contributed by atoms with Crippen LogP contribution in [-0.2, 0) is 14.8 Å². The molecule has 7 nitrogen and oxygen atoms in total. The van der Waals surface area contributed by atoms with Gasteiger partial charge in [0.2, 0.25) is 15.9 Å². The van der Waals surface area contributed by atoms with Crippen LogP contribution in [-0.4, -0.2) is 30.4 Å². The Labute approximate surface area is 187 Å². The number of benzene rings is 3. The molecule has 0 aliphatic rings. The third kappa shape index (κ3) is 4.71. The molecule has 4 rings (SSSR count). The number of carbonyl (C=O) groups excluding carboxylic acids is 1. The highest BCUT2D eigenvalue weighted by Crippen LogP contribution is 2.20. The van der Waals surface area contributed by atoms with Crippen LogP contribution in [0, 0.1) is 13.8 Å². The standard InChI is InChI=1S/C24H24N4O3S/c1-17-7-12-21(15-18(17)2)32(30,31)26-14-13-24(29)27-19-8-10-20(11-9-19)28-16-25-22-5-3-4-6-23(22)28/h3-12,15-16,26H,13-14H2,1-2H3,(H,27,29). The lowest BCUT2D eigenvalue weighted by molar-refractivity contribution is -0.116. The molecule has 4 aromatic rings. The minimum absolute atomic E-state index is 0.0141. The van der Waals surface area contributed by atoms with Gasteiger partial charge in [-0.1, -0.05) is 18.2 Å². The molecule has 1 amide bonds. The second-order valence-corrected chi connectivity index (χ2v) is 9.36. The molecule has 0 aliphatic heterocycles. The number of hydrogen-bond acceptors (Lipinski definition) is 4. The Bertz CT molecular complexity index is 1380. The first kappa shape index (κ1) is 21.7. The van der Waals surface area contributed by atoms with Crippen molar-refractivity contribution in [3.05, 3.63) is 84.2 Å². The lowest BCUT2D eigenvalue weighted by Gasteiger charge is -2.10. The third-order valence-corrected chi connectivity index (χ3v) is 6.77. The molecule has 0 spiro atoms. The molecule has 0 unspecified atom stereocenters. The zero-order valence-corrected chi connectivity index (χ0v) is 18.7. The molecule has 3 aromatic carbocycles. The number of aryl methyl sites for hydroxylation is 2. The molecule has 164 valence electrons. The number of sulfonamides is 1. The number of amides is 1. The minimum atomic E-state index is -3.66. The van der Waals surface area contributed by atoms with Crippen LogP contribution < -0.4 is 10.0 Å². The maximum absolute atomic E-state index is 12.4. The van der Waals surface area contributed by atoms with Gasteiger partial charge in [-0.05, 0) is 73.5 Å². The summed E-state index contributed by atoms with van der Waals surface area (Å²) in [5.74, 6) is -0.270. The van der Waals surface area contributed by atoms with Crippen LogP contribution in [0.5, 0.6) is 0 Å². The van der Waals surface area contributed by atoms with Gasteiger partial charge in [0.05, 0.1) is 15.9 Å². The van der Waals surface area contributed by atoms with Crippen molar-refractivity contribution < 1.29 is 13.2 Å². The van der Waals surface area contributed by atoms with Gasteiger partial charge in [0.1, 0.15) is 6.33 Å². The van der Waals surface area contributed by atoms with Crippen molar-refractivity contribution >= 4 is 32.7 Å². The number of nitrogens with one attached hydrogen (secondary N) is 2. The minimum Gasteiger partial charge on any atom is -0.326 e. The van der Waals surface area contributed by atoms with Crippen LogP contribution in [0.4, 0.5) is 5.69 Å². The number of aromatic nitrogens is 2. The van der Waals surface area contributed by atoms with E-state index in [2.05, 4.69) is 15.0 Å². The van der Waals surface area contributed by atoms with Crippen LogP contribution in [0.3, 0.4) is 0 Å². The van der Waals surface area contributed by atoms with Crippen LogP contribution in [0.1, 0.15) is 17.5 Å². The monoisotopic (exact) mass is 448 g/mol. The molecular formula is C24H24N4O3S. The van der Waals surface area contributed by atoms with Gasteiger partial charge in [0.25, 0.3) is 0 Å². The number of imidazole rings is 1. The van der Waals surface area contributed by atoms with E-state index in [-0.39, 0.29) is 23.8 Å². The van der Waals surface area contributed by atoms with Crippen LogP contribution >= 0.6 is 0 Å². The molecule has 0 bridgehead atoms. The number of nitrogens with zero attached hydrogens (tertiary/aromatic N) is 2. The van der Waals surface area contributed by atoms with Crippen LogP contribution in [0.15, 0.2) is 78.0 Å². The van der Waals surface area contributed by atoms with Gasteiger partial charge in [-0.2, -0.15) is 0 Å².